The number of thioether (sulfide) groups is 1. The first-order chi connectivity index (χ1) is 13.2. The van der Waals surface area contributed by atoms with Gasteiger partial charge in [0.1, 0.15) is 17.1 Å². The first kappa shape index (κ1) is 19.4. The van der Waals surface area contributed by atoms with Crippen LogP contribution >= 0.6 is 11.8 Å². The zero-order chi connectivity index (χ0) is 20.6. The van der Waals surface area contributed by atoms with Crippen LogP contribution in [0.15, 0.2) is 41.6 Å². The zero-order valence-electron chi connectivity index (χ0n) is 14.1. The van der Waals surface area contributed by atoms with E-state index >= 15 is 0 Å². The van der Waals surface area contributed by atoms with E-state index in [4.69, 9.17) is 5.11 Å². The number of nitrogens with zero attached hydrogens (tertiary/aromatic N) is 1. The average molecular weight is 406 g/mol. The van der Waals surface area contributed by atoms with Crippen LogP contribution in [0, 0.1) is 0 Å². The van der Waals surface area contributed by atoms with Gasteiger partial charge in [0.2, 0.25) is 5.91 Å². The van der Waals surface area contributed by atoms with Crippen LogP contribution < -0.4 is 5.32 Å². The van der Waals surface area contributed by atoms with Crippen LogP contribution in [0.1, 0.15) is 11.5 Å². The molecular weight excluding hydrogens is 392 g/mol. The number of β-lactam (4-membered cyclic amide) rings is 1. The van der Waals surface area contributed by atoms with Crippen LogP contribution in [0.5, 0.6) is 0 Å². The first-order valence-electron chi connectivity index (χ1n) is 7.96. The molecule has 3 rings (SSSR count). The topological polar surface area (TPSA) is 161 Å². The average Bonchev–Trinajstić information content (AvgIpc) is 2.65. The van der Waals surface area contributed by atoms with Crippen LogP contribution in [0.25, 0.3) is 0 Å². The molecule has 2 unspecified atom stereocenters. The third-order valence-corrected chi connectivity index (χ3v) is 5.65. The molecular formula is C17H14N2O8S. The molecule has 2 amide bonds. The minimum Gasteiger partial charge on any atom is -0.480 e. The van der Waals surface area contributed by atoms with Crippen LogP contribution in [-0.2, 0) is 24.0 Å². The number of amides is 2. The maximum atomic E-state index is 12.5. The number of nitrogens with one attached hydrogen (secondary N) is 1. The molecule has 1 aromatic carbocycles. The van der Waals surface area contributed by atoms with Gasteiger partial charge in [-0.25, -0.2) is 9.59 Å². The van der Waals surface area contributed by atoms with Gasteiger partial charge in [0.25, 0.3) is 5.91 Å². The lowest BCUT2D eigenvalue weighted by atomic mass is 9.96. The summed E-state index contributed by atoms with van der Waals surface area (Å²) >= 11 is 0.981. The molecule has 0 aliphatic carbocycles. The van der Waals surface area contributed by atoms with Gasteiger partial charge in [-0.3, -0.25) is 19.3 Å². The normalized spacial score (nSPS) is 22.0. The molecule has 0 aromatic heterocycles. The molecule has 1 fully saturated rings. The summed E-state index contributed by atoms with van der Waals surface area (Å²) in [6.07, 6.45) is 0. The van der Waals surface area contributed by atoms with E-state index in [9.17, 15) is 34.2 Å². The Labute approximate surface area is 161 Å². The van der Waals surface area contributed by atoms with Crippen molar-refractivity contribution < 1.29 is 39.3 Å². The van der Waals surface area contributed by atoms with Gasteiger partial charge in [-0.1, -0.05) is 30.3 Å². The Bertz CT molecular complexity index is 913. The van der Waals surface area contributed by atoms with Crippen molar-refractivity contribution >= 4 is 41.5 Å². The molecule has 0 bridgehead atoms. The molecule has 10 nitrogen and oxygen atoms in total. The lowest BCUT2D eigenvalue weighted by molar-refractivity contribution is -0.152. The quantitative estimate of drug-likeness (QED) is 0.366. The van der Waals surface area contributed by atoms with Gasteiger partial charge < -0.3 is 20.6 Å². The minimum absolute atomic E-state index is 0.168. The third kappa shape index (κ3) is 3.20. The number of carbonyl (C=O) groups is 5. The fourth-order valence-corrected chi connectivity index (χ4v) is 4.40. The summed E-state index contributed by atoms with van der Waals surface area (Å²) in [4.78, 5) is 59.9. The number of hydrogen-bond donors (Lipinski definition) is 4. The molecule has 11 heteroatoms. The maximum Gasteiger partial charge on any atom is 0.353 e. The molecule has 2 aliphatic rings. The van der Waals surface area contributed by atoms with E-state index in [0.29, 0.717) is 0 Å². The molecule has 0 radical (unpaired) electrons. The number of benzene rings is 1. The maximum absolute atomic E-state index is 12.5. The van der Waals surface area contributed by atoms with E-state index in [-0.39, 0.29) is 11.3 Å². The van der Waals surface area contributed by atoms with E-state index in [0.717, 1.165) is 16.7 Å². The van der Waals surface area contributed by atoms with Crippen LogP contribution in [0.3, 0.4) is 0 Å². The fraction of sp³-hybridized carbons (Fsp3) is 0.235. The van der Waals surface area contributed by atoms with Crippen molar-refractivity contribution in [2.45, 2.75) is 17.3 Å². The van der Waals surface area contributed by atoms with Crippen molar-refractivity contribution in [3.8, 4) is 0 Å². The van der Waals surface area contributed by atoms with Crippen molar-refractivity contribution in [1.82, 2.24) is 10.2 Å². The lowest BCUT2D eigenvalue weighted by Gasteiger charge is -2.49. The summed E-state index contributed by atoms with van der Waals surface area (Å²) < 4.78 is 0. The van der Waals surface area contributed by atoms with Crippen molar-refractivity contribution in [2.24, 2.45) is 0 Å². The molecule has 2 heterocycles. The smallest absolute Gasteiger partial charge is 0.353 e. The highest BCUT2D eigenvalue weighted by Crippen LogP contribution is 2.40. The van der Waals surface area contributed by atoms with Crippen molar-refractivity contribution in [3.05, 3.63) is 47.2 Å². The summed E-state index contributed by atoms with van der Waals surface area (Å²) in [6.45, 7) is 0. The van der Waals surface area contributed by atoms with Gasteiger partial charge in [-0.2, -0.15) is 0 Å². The Morgan fingerprint density at radius 1 is 1.07 bits per heavy atom. The Kier molecular flexibility index (Phi) is 5.10. The van der Waals surface area contributed by atoms with Crippen molar-refractivity contribution in [1.29, 1.82) is 0 Å². The number of aliphatic carboxylic acids is 3. The van der Waals surface area contributed by atoms with Crippen LogP contribution in [0.4, 0.5) is 0 Å². The second-order valence-electron chi connectivity index (χ2n) is 6.02. The second kappa shape index (κ2) is 7.35. The van der Waals surface area contributed by atoms with Gasteiger partial charge in [0, 0.05) is 5.75 Å². The molecule has 2 aliphatic heterocycles. The highest BCUT2D eigenvalue weighted by molar-refractivity contribution is 8.00. The molecule has 146 valence electrons. The first-order valence-corrected chi connectivity index (χ1v) is 9.01. The Hall–Kier alpha value is -3.34. The molecule has 28 heavy (non-hydrogen) atoms. The van der Waals surface area contributed by atoms with E-state index < -0.39 is 58.3 Å². The minimum atomic E-state index is -1.56. The van der Waals surface area contributed by atoms with Crippen molar-refractivity contribution in [2.75, 3.05) is 5.75 Å². The zero-order valence-corrected chi connectivity index (χ0v) is 14.9. The van der Waals surface area contributed by atoms with E-state index in [2.05, 4.69) is 5.32 Å². The van der Waals surface area contributed by atoms with Crippen LogP contribution in [-0.4, -0.2) is 67.1 Å². The number of carboxylic acids is 3. The summed E-state index contributed by atoms with van der Waals surface area (Å²) in [5.41, 5.74) is -0.823. The number of fused-ring (bicyclic) bond motifs is 1. The van der Waals surface area contributed by atoms with Crippen LogP contribution in [0.2, 0.25) is 0 Å². The number of rotatable bonds is 6. The number of carbonyl (C=O) groups excluding carboxylic acids is 2. The number of carboxylic acid groups (broad SMARTS) is 3. The third-order valence-electron chi connectivity index (χ3n) is 4.37. The fourth-order valence-electron chi connectivity index (χ4n) is 3.07. The largest absolute Gasteiger partial charge is 0.480 e. The van der Waals surface area contributed by atoms with Gasteiger partial charge in [-0.15, -0.1) is 11.8 Å². The monoisotopic (exact) mass is 406 g/mol. The number of hydrogen-bond acceptors (Lipinski definition) is 6. The predicted molar refractivity (Wildman–Crippen MR) is 94.1 cm³/mol. The SMILES string of the molecule is O=C(O)C1=C(C(=O)O)N2C(=O)C(NC(=O)C(C(=O)O)c3ccccc3)[C@@H]2SC1. The summed E-state index contributed by atoms with van der Waals surface area (Å²) in [6, 6.07) is 6.59. The second-order valence-corrected chi connectivity index (χ2v) is 7.12. The summed E-state index contributed by atoms with van der Waals surface area (Å²) in [7, 11) is 0. The molecule has 4 N–H and O–H groups in total. The molecule has 1 saturated heterocycles. The summed E-state index contributed by atoms with van der Waals surface area (Å²) in [5, 5.41) is 29.4. The standard InChI is InChI=1S/C17H14N2O8S/c20-12(9(16(24)25)7-4-2-1-3-5-7)18-10-13(21)19-11(17(26)27)8(15(22)23)6-28-14(10)19/h1-5,9-10,14H,6H2,(H,18,20)(H,22,23)(H,24,25)(H,26,27)/t9?,10?,14-/m0/s1. The predicted octanol–water partition coefficient (Wildman–Crippen LogP) is -0.322. The van der Waals surface area contributed by atoms with E-state index in [1.807, 2.05) is 0 Å². The Morgan fingerprint density at radius 3 is 2.25 bits per heavy atom. The van der Waals surface area contributed by atoms with Crippen molar-refractivity contribution in [3.63, 3.8) is 0 Å². The van der Waals surface area contributed by atoms with Gasteiger partial charge >= 0.3 is 17.9 Å². The van der Waals surface area contributed by atoms with Gasteiger partial charge in [0.15, 0.2) is 5.92 Å². The lowest BCUT2D eigenvalue weighted by Crippen LogP contribution is -2.71. The molecule has 3 atom stereocenters. The van der Waals surface area contributed by atoms with Gasteiger partial charge in [-0.05, 0) is 5.56 Å². The Balaban J connectivity index is 1.82. The van der Waals surface area contributed by atoms with E-state index in [1.165, 1.54) is 12.1 Å². The molecule has 1 aromatic rings. The highest BCUT2D eigenvalue weighted by atomic mass is 32.2. The Morgan fingerprint density at radius 2 is 1.71 bits per heavy atom. The van der Waals surface area contributed by atoms with E-state index in [1.54, 1.807) is 18.2 Å². The molecule has 0 spiro atoms. The van der Waals surface area contributed by atoms with Gasteiger partial charge in [0.05, 0.1) is 5.57 Å². The summed E-state index contributed by atoms with van der Waals surface area (Å²) in [5.74, 6) is -7.84. The molecule has 0 saturated carbocycles. The highest BCUT2D eigenvalue weighted by Gasteiger charge is 2.55.